The lowest BCUT2D eigenvalue weighted by Crippen LogP contribution is -2.28. The lowest BCUT2D eigenvalue weighted by molar-refractivity contribution is -0.121. The van der Waals surface area contributed by atoms with Crippen LogP contribution in [0.25, 0.3) is 5.69 Å². The molecule has 0 unspecified atom stereocenters. The molecule has 1 aliphatic rings. The summed E-state index contributed by atoms with van der Waals surface area (Å²) in [5.74, 6) is -0.849. The van der Waals surface area contributed by atoms with Gasteiger partial charge in [-0.1, -0.05) is 6.07 Å². The van der Waals surface area contributed by atoms with Gasteiger partial charge in [-0.3, -0.25) is 19.3 Å². The molecule has 0 radical (unpaired) electrons. The highest BCUT2D eigenvalue weighted by Gasteiger charge is 2.30. The van der Waals surface area contributed by atoms with Crippen molar-refractivity contribution in [2.75, 3.05) is 10.2 Å². The number of benzene rings is 2. The molecular weight excluding hydrogens is 348 g/mol. The molecule has 1 fully saturated rings. The fourth-order valence-corrected chi connectivity index (χ4v) is 2.83. The van der Waals surface area contributed by atoms with Crippen molar-refractivity contribution in [2.24, 2.45) is 0 Å². The van der Waals surface area contributed by atoms with E-state index in [0.29, 0.717) is 16.9 Å². The maximum atomic E-state index is 12.5. The van der Waals surface area contributed by atoms with Gasteiger partial charge in [-0.25, -0.2) is 4.68 Å². The normalized spacial score (nSPS) is 13.9. The van der Waals surface area contributed by atoms with Crippen molar-refractivity contribution < 1.29 is 14.4 Å². The molecule has 3 amide bonds. The highest BCUT2D eigenvalue weighted by molar-refractivity contribution is 6.20. The molecule has 0 spiro atoms. The Balaban J connectivity index is 1.51. The second kappa shape index (κ2) is 6.79. The van der Waals surface area contributed by atoms with Crippen molar-refractivity contribution in [1.29, 1.82) is 0 Å². The molecule has 3 aromatic rings. The monoisotopic (exact) mass is 362 g/mol. The zero-order valence-corrected chi connectivity index (χ0v) is 14.1. The summed E-state index contributed by atoms with van der Waals surface area (Å²) in [6, 6.07) is 13.4. The first-order valence-corrected chi connectivity index (χ1v) is 8.22. The Labute approximate surface area is 153 Å². The highest BCUT2D eigenvalue weighted by Crippen LogP contribution is 2.24. The van der Waals surface area contributed by atoms with Crippen molar-refractivity contribution >= 4 is 29.1 Å². The van der Waals surface area contributed by atoms with Crippen LogP contribution in [0.15, 0.2) is 54.9 Å². The van der Waals surface area contributed by atoms with Crippen molar-refractivity contribution in [2.45, 2.75) is 12.8 Å². The zero-order chi connectivity index (χ0) is 18.8. The van der Waals surface area contributed by atoms with E-state index in [9.17, 15) is 14.4 Å². The average molecular weight is 362 g/mol. The lowest BCUT2D eigenvalue weighted by atomic mass is 10.1. The van der Waals surface area contributed by atoms with Crippen molar-refractivity contribution in [3.8, 4) is 5.69 Å². The van der Waals surface area contributed by atoms with Crippen molar-refractivity contribution in [1.82, 2.24) is 20.2 Å². The Bertz CT molecular complexity index is 998. The van der Waals surface area contributed by atoms with Crippen molar-refractivity contribution in [3.63, 3.8) is 0 Å². The van der Waals surface area contributed by atoms with Gasteiger partial charge in [0.25, 0.3) is 5.91 Å². The van der Waals surface area contributed by atoms with Gasteiger partial charge >= 0.3 is 0 Å². The number of nitrogens with zero attached hydrogens (tertiary/aromatic N) is 5. The summed E-state index contributed by atoms with van der Waals surface area (Å²) in [5, 5.41) is 13.7. The van der Waals surface area contributed by atoms with E-state index in [0.717, 1.165) is 10.6 Å². The third-order valence-electron chi connectivity index (χ3n) is 4.16. The number of tetrazole rings is 1. The van der Waals surface area contributed by atoms with E-state index in [2.05, 4.69) is 20.8 Å². The first-order valence-electron chi connectivity index (χ1n) is 8.22. The number of hydrogen-bond acceptors (Lipinski definition) is 6. The molecule has 1 saturated heterocycles. The molecule has 134 valence electrons. The molecular formula is C18H14N6O3. The fraction of sp³-hybridized carbons (Fsp3) is 0.111. The van der Waals surface area contributed by atoms with E-state index in [-0.39, 0.29) is 30.6 Å². The Hall–Kier alpha value is -3.88. The molecule has 1 N–H and O–H groups in total. The van der Waals surface area contributed by atoms with Gasteiger partial charge in [0.1, 0.15) is 6.33 Å². The quantitative estimate of drug-likeness (QED) is 0.706. The summed E-state index contributed by atoms with van der Waals surface area (Å²) >= 11 is 0. The van der Waals surface area contributed by atoms with Gasteiger partial charge in [-0.15, -0.1) is 5.10 Å². The predicted octanol–water partition coefficient (Wildman–Crippen LogP) is 1.57. The molecule has 27 heavy (non-hydrogen) atoms. The van der Waals surface area contributed by atoms with Crippen LogP contribution < -0.4 is 10.2 Å². The Morgan fingerprint density at radius 3 is 2.37 bits per heavy atom. The average Bonchev–Trinajstić information content (AvgIpc) is 3.33. The minimum Gasteiger partial charge on any atom is -0.322 e. The van der Waals surface area contributed by atoms with E-state index in [4.69, 9.17) is 0 Å². The van der Waals surface area contributed by atoms with Gasteiger partial charge in [0, 0.05) is 24.1 Å². The van der Waals surface area contributed by atoms with Crippen LogP contribution in [0.3, 0.4) is 0 Å². The number of carbonyl (C=O) groups is 3. The van der Waals surface area contributed by atoms with Gasteiger partial charge in [-0.05, 0) is 52.9 Å². The number of hydrogen-bond donors (Lipinski definition) is 1. The van der Waals surface area contributed by atoms with Crippen LogP contribution in [-0.4, -0.2) is 37.9 Å². The second-order valence-electron chi connectivity index (χ2n) is 5.93. The van der Waals surface area contributed by atoms with Crippen LogP contribution in [0.4, 0.5) is 11.4 Å². The highest BCUT2D eigenvalue weighted by atomic mass is 16.2. The Kier molecular flexibility index (Phi) is 4.17. The van der Waals surface area contributed by atoms with Crippen LogP contribution in [0.1, 0.15) is 23.2 Å². The van der Waals surface area contributed by atoms with Gasteiger partial charge in [0.15, 0.2) is 0 Å². The SMILES string of the molecule is O=C(Nc1ccc(-n2cnnn2)cc1)c1cccc(N2C(=O)CCC2=O)c1. The molecule has 2 aromatic carbocycles. The maximum absolute atomic E-state index is 12.5. The van der Waals surface area contributed by atoms with Crippen LogP contribution in [0.2, 0.25) is 0 Å². The fourth-order valence-electron chi connectivity index (χ4n) is 2.83. The van der Waals surface area contributed by atoms with E-state index in [1.165, 1.54) is 17.1 Å². The molecule has 9 nitrogen and oxygen atoms in total. The minimum absolute atomic E-state index is 0.197. The van der Waals surface area contributed by atoms with E-state index < -0.39 is 0 Å². The molecule has 1 aromatic heterocycles. The molecule has 0 bridgehead atoms. The third kappa shape index (κ3) is 3.30. The maximum Gasteiger partial charge on any atom is 0.255 e. The van der Waals surface area contributed by atoms with Crippen LogP contribution >= 0.6 is 0 Å². The van der Waals surface area contributed by atoms with Gasteiger partial charge in [-0.2, -0.15) is 0 Å². The molecule has 0 atom stereocenters. The molecule has 4 rings (SSSR count). The first-order chi connectivity index (χ1) is 13.1. The minimum atomic E-state index is -0.342. The van der Waals surface area contributed by atoms with Crippen LogP contribution in [0.5, 0.6) is 0 Å². The van der Waals surface area contributed by atoms with E-state index in [1.807, 2.05) is 0 Å². The molecule has 0 aliphatic carbocycles. The van der Waals surface area contributed by atoms with E-state index in [1.54, 1.807) is 42.5 Å². The molecule has 1 aliphatic heterocycles. The number of rotatable bonds is 4. The number of carbonyl (C=O) groups excluding carboxylic acids is 3. The largest absolute Gasteiger partial charge is 0.322 e. The lowest BCUT2D eigenvalue weighted by Gasteiger charge is -2.15. The Morgan fingerprint density at radius 1 is 0.963 bits per heavy atom. The number of amides is 3. The summed E-state index contributed by atoms with van der Waals surface area (Å²) < 4.78 is 1.50. The molecule has 0 saturated carbocycles. The standard InChI is InChI=1S/C18H14N6O3/c25-16-8-9-17(26)24(16)15-3-1-2-12(10-15)18(27)20-13-4-6-14(7-5-13)23-11-19-21-22-23/h1-7,10-11H,8-9H2,(H,20,27). The number of anilines is 2. The van der Waals surface area contributed by atoms with Crippen molar-refractivity contribution in [3.05, 3.63) is 60.4 Å². The molecule has 2 heterocycles. The van der Waals surface area contributed by atoms with Crippen LogP contribution in [0, 0.1) is 0 Å². The van der Waals surface area contributed by atoms with Crippen LogP contribution in [-0.2, 0) is 9.59 Å². The van der Waals surface area contributed by atoms with Gasteiger partial charge < -0.3 is 5.32 Å². The summed E-state index contributed by atoms with van der Waals surface area (Å²) in [4.78, 5) is 37.4. The van der Waals surface area contributed by atoms with E-state index >= 15 is 0 Å². The van der Waals surface area contributed by atoms with Gasteiger partial charge in [0.05, 0.1) is 11.4 Å². The second-order valence-corrected chi connectivity index (χ2v) is 5.93. The zero-order valence-electron chi connectivity index (χ0n) is 14.1. The Morgan fingerprint density at radius 2 is 1.70 bits per heavy atom. The summed E-state index contributed by atoms with van der Waals surface area (Å²) in [6.45, 7) is 0. The first kappa shape index (κ1) is 16.6. The summed E-state index contributed by atoms with van der Waals surface area (Å²) in [6.07, 6.45) is 1.87. The predicted molar refractivity (Wildman–Crippen MR) is 95.3 cm³/mol. The summed E-state index contributed by atoms with van der Waals surface area (Å²) in [5.41, 5.74) is 2.11. The number of aromatic nitrogens is 4. The smallest absolute Gasteiger partial charge is 0.255 e. The van der Waals surface area contributed by atoms with Gasteiger partial charge in [0.2, 0.25) is 11.8 Å². The molecule has 9 heteroatoms. The number of imide groups is 1. The summed E-state index contributed by atoms with van der Waals surface area (Å²) in [7, 11) is 0. The topological polar surface area (TPSA) is 110 Å². The third-order valence-corrected chi connectivity index (χ3v) is 4.16. The number of nitrogens with one attached hydrogen (secondary N) is 1.